The van der Waals surface area contributed by atoms with Crippen LogP contribution in [0.3, 0.4) is 0 Å². The van der Waals surface area contributed by atoms with Crippen molar-refractivity contribution in [3.8, 4) is 0 Å². The number of nitrogens with zero attached hydrogens (tertiary/aromatic N) is 9. The summed E-state index contributed by atoms with van der Waals surface area (Å²) in [5.74, 6) is -11.8. The largest absolute Gasteiger partial charge is 0.390 e. The van der Waals surface area contributed by atoms with Crippen LogP contribution in [0.5, 0.6) is 0 Å². The van der Waals surface area contributed by atoms with Gasteiger partial charge in [-0.15, -0.1) is 0 Å². The van der Waals surface area contributed by atoms with Gasteiger partial charge >= 0.3 is 0 Å². The number of aliphatic hydroxyl groups excluding tert-OH is 1. The number of hydrogen-bond acceptors (Lipinski definition) is 15. The Morgan fingerprint density at radius 1 is 0.536 bits per heavy atom. The summed E-state index contributed by atoms with van der Waals surface area (Å²) in [6.45, 7) is 35.4. The summed E-state index contributed by atoms with van der Waals surface area (Å²) in [6.07, 6.45) is 2.34. The fourth-order valence-corrected chi connectivity index (χ4v) is 14.8. The lowest BCUT2D eigenvalue weighted by Crippen LogP contribution is -2.64. The molecule has 0 spiro atoms. The first-order chi connectivity index (χ1) is 44.7. The predicted molar refractivity (Wildman–Crippen MR) is 376 cm³/mol. The maximum atomic E-state index is 15.6. The maximum Gasteiger partial charge on any atom is 0.246 e. The molecule has 14 atom stereocenters. The van der Waals surface area contributed by atoms with Gasteiger partial charge in [-0.25, -0.2) is 8.42 Å². The van der Waals surface area contributed by atoms with E-state index in [-0.39, 0.29) is 62.8 Å². The second-order valence-electron chi connectivity index (χ2n) is 30.0. The maximum absolute atomic E-state index is 15.6. The summed E-state index contributed by atoms with van der Waals surface area (Å²) in [4.78, 5) is 177. The topological polar surface area (TPSA) is 307 Å². The summed E-state index contributed by atoms with van der Waals surface area (Å²) in [5.41, 5.74) is 0. The van der Waals surface area contributed by atoms with Gasteiger partial charge in [0.25, 0.3) is 0 Å². The van der Waals surface area contributed by atoms with Crippen molar-refractivity contribution in [2.45, 2.75) is 260 Å². The summed E-state index contributed by atoms with van der Waals surface area (Å²) in [6, 6.07) is -15.6. The highest BCUT2D eigenvalue weighted by Crippen LogP contribution is 2.30. The fraction of sp³-hybridized carbons (Fsp3) is 0.814. The molecule has 97 heavy (non-hydrogen) atoms. The van der Waals surface area contributed by atoms with Gasteiger partial charge in [-0.1, -0.05) is 109 Å². The Morgan fingerprint density at radius 3 is 1.45 bits per heavy atom. The van der Waals surface area contributed by atoms with E-state index < -0.39 is 182 Å². The molecule has 2 heterocycles. The number of nitrogens with one attached hydrogen (secondary N) is 3. The Bertz CT molecular complexity index is 2880. The molecule has 0 aromatic carbocycles. The molecule has 0 radical (unpaired) electrons. The molecule has 4 N–H and O–H groups in total. The molecule has 2 fully saturated rings. The lowest BCUT2D eigenvalue weighted by atomic mass is 9.91. The van der Waals surface area contributed by atoms with Crippen LogP contribution in [0.2, 0.25) is 0 Å². The van der Waals surface area contributed by atoms with Gasteiger partial charge in [0.2, 0.25) is 65.0 Å². The van der Waals surface area contributed by atoms with Gasteiger partial charge in [0.05, 0.1) is 16.6 Å². The van der Waals surface area contributed by atoms with Crippen LogP contribution in [0.1, 0.15) is 177 Å². The third-order valence-corrected chi connectivity index (χ3v) is 22.3. The normalized spacial score (nSPS) is 27.5. The minimum absolute atomic E-state index is 0.00848. The minimum atomic E-state index is -4.39. The van der Waals surface area contributed by atoms with Crippen LogP contribution >= 0.6 is 0 Å². The van der Waals surface area contributed by atoms with Crippen molar-refractivity contribution in [2.24, 2.45) is 35.5 Å². The minimum Gasteiger partial charge on any atom is -0.390 e. The molecule has 2 aliphatic rings. The van der Waals surface area contributed by atoms with E-state index in [1.165, 1.54) is 102 Å². The molecule has 0 aromatic rings. The molecular weight excluding hydrogens is 1260 g/mol. The van der Waals surface area contributed by atoms with Crippen LogP contribution in [-0.4, -0.2) is 281 Å². The molecule has 0 aliphatic carbocycles. The van der Waals surface area contributed by atoms with Crippen molar-refractivity contribution in [2.75, 3.05) is 74.7 Å². The number of fused-ring (bicyclic) bond motifs is 2. The van der Waals surface area contributed by atoms with Crippen molar-refractivity contribution in [3.05, 3.63) is 12.2 Å². The smallest absolute Gasteiger partial charge is 0.246 e. The molecule has 11 amide bonds. The van der Waals surface area contributed by atoms with Crippen molar-refractivity contribution in [1.82, 2.24) is 60.0 Å². The van der Waals surface area contributed by atoms with E-state index in [4.69, 9.17) is 0 Å². The number of aliphatic hydroxyl groups is 1. The molecule has 27 heteroatoms. The lowest BCUT2D eigenvalue weighted by Gasteiger charge is -2.42. The Hall–Kier alpha value is -6.22. The van der Waals surface area contributed by atoms with Crippen molar-refractivity contribution in [1.29, 1.82) is 0 Å². The van der Waals surface area contributed by atoms with Crippen LogP contribution in [-0.2, 0) is 62.6 Å². The van der Waals surface area contributed by atoms with Gasteiger partial charge in [0.1, 0.15) is 66.5 Å². The highest BCUT2D eigenvalue weighted by atomic mass is 32.2. The SMILES string of the molecule is CC=CC[C@@H](C)[C@@H](O)[C@@H]1C(=O)N[C@H](CC)C(=O)N(C)[C@H](CS(=O)(=O)C(C)(C)CN(CC)CC)C(=O)N(C)[C@@H](CC(C)C)C(=O)N[C@H](C(C)C)C(=O)N(C)[C@@H]2CC(C)N(C2=O)[C@H](C)C(=O)N[C@@H](C)C(=O)N(C)[C@H](CC(C)C)C(=O)N(C)[C@H](CC(C)C)C(=O)N(C)[C@H](C(C)C)C(=O)N1C. The fourth-order valence-electron chi connectivity index (χ4n) is 13.2. The molecule has 2 rings (SSSR count). The van der Waals surface area contributed by atoms with Crippen LogP contribution in [0.15, 0.2) is 12.2 Å². The zero-order valence-corrected chi connectivity index (χ0v) is 64.7. The molecule has 26 nitrogen and oxygen atoms in total. The van der Waals surface area contributed by atoms with Gasteiger partial charge in [-0.2, -0.15) is 0 Å². The molecule has 2 saturated heterocycles. The van der Waals surface area contributed by atoms with Crippen LogP contribution < -0.4 is 16.0 Å². The Morgan fingerprint density at radius 2 is 0.990 bits per heavy atom. The van der Waals surface area contributed by atoms with E-state index in [9.17, 15) is 32.7 Å². The Kier molecular flexibility index (Phi) is 33.4. The van der Waals surface area contributed by atoms with Gasteiger partial charge in [0, 0.05) is 61.9 Å². The van der Waals surface area contributed by atoms with Gasteiger partial charge in [-0.05, 0) is 129 Å². The van der Waals surface area contributed by atoms with Crippen LogP contribution in [0, 0.1) is 35.5 Å². The number of amides is 11. The number of carbonyl (C=O) groups excluding carboxylic acids is 11. The standard InChI is InChI=1S/C70H126N12O14S/c1-28-32-33-45(15)58(83)57-61(86)72-49(29-2)63(88)78(25)54(38-97(95,96)70(19,20)39-81(30-3)31-4)66(91)74(21)50(34-40(5)6)60(85)73-55(43(11)12)68(93)77(24)53-37-46(16)82(67(53)92)48(18)59(84)71-47(17)62(87)75(22)51(35-41(7)8)64(89)76(23)52(36-42(9)10)65(90)79(26)56(44(13)14)69(94)80(57)27/h28,32,40-58,83H,29-31,33-39H2,1-27H3,(H,71,84)(H,72,86)(H,73,85)/t45-,46?,47+,48-,49-,50+,51-,52-,53-,54-,55-,56-,57-,58-/m1/s1. The van der Waals surface area contributed by atoms with Crippen LogP contribution in [0.4, 0.5) is 0 Å². The summed E-state index contributed by atoms with van der Waals surface area (Å²) < 4.78 is 28.5. The van der Waals surface area contributed by atoms with Crippen molar-refractivity contribution >= 4 is 74.8 Å². The van der Waals surface area contributed by atoms with E-state index in [1.54, 1.807) is 81.4 Å². The summed E-state index contributed by atoms with van der Waals surface area (Å²) in [5, 5.41) is 20.7. The highest BCUT2D eigenvalue weighted by molar-refractivity contribution is 7.92. The average Bonchev–Trinajstić information content (AvgIpc) is 1.76. The summed E-state index contributed by atoms with van der Waals surface area (Å²) in [7, 11) is 5.20. The Balaban J connectivity index is 3.21. The molecule has 2 bridgehead atoms. The van der Waals surface area contributed by atoms with E-state index in [0.717, 1.165) is 14.7 Å². The number of hydrogen-bond donors (Lipinski definition) is 4. The highest BCUT2D eigenvalue weighted by Gasteiger charge is 2.50. The molecule has 2 aliphatic heterocycles. The monoisotopic (exact) mass is 1390 g/mol. The van der Waals surface area contributed by atoms with Gasteiger partial charge in [-0.3, -0.25) is 52.7 Å². The van der Waals surface area contributed by atoms with Crippen molar-refractivity contribution in [3.63, 3.8) is 0 Å². The predicted octanol–water partition coefficient (Wildman–Crippen LogP) is 3.63. The van der Waals surface area contributed by atoms with Crippen molar-refractivity contribution < 1.29 is 66.3 Å². The third kappa shape index (κ3) is 21.6. The molecule has 0 aromatic heterocycles. The quantitative estimate of drug-likeness (QED) is 0.127. The number of rotatable bonds is 20. The number of carbonyl (C=O) groups is 11. The average molecular weight is 1390 g/mol. The van der Waals surface area contributed by atoms with E-state index >= 15 is 33.6 Å². The Labute approximate surface area is 581 Å². The van der Waals surface area contributed by atoms with Crippen LogP contribution in [0.25, 0.3) is 0 Å². The second-order valence-corrected chi connectivity index (χ2v) is 32.6. The molecular formula is C70H126N12O14S. The van der Waals surface area contributed by atoms with Gasteiger partial charge in [0.15, 0.2) is 9.84 Å². The summed E-state index contributed by atoms with van der Waals surface area (Å²) >= 11 is 0. The third-order valence-electron chi connectivity index (χ3n) is 19.7. The second kappa shape index (κ2) is 37.3. The zero-order valence-electron chi connectivity index (χ0n) is 63.9. The molecule has 0 saturated carbocycles. The number of sulfone groups is 1. The first kappa shape index (κ1) is 86.9. The lowest BCUT2D eigenvalue weighted by molar-refractivity contribution is -0.157. The van der Waals surface area contributed by atoms with E-state index in [1.807, 2.05) is 46.4 Å². The van der Waals surface area contributed by atoms with Gasteiger partial charge < -0.3 is 65.2 Å². The van der Waals surface area contributed by atoms with E-state index in [0.29, 0.717) is 13.1 Å². The first-order valence-electron chi connectivity index (χ1n) is 35.0. The number of allylic oxidation sites excluding steroid dienone is 2. The molecule has 1 unspecified atom stereocenters. The number of likely N-dealkylation sites (N-methyl/N-ethyl adjacent to an activating group) is 7. The first-order valence-corrected chi connectivity index (χ1v) is 36.7. The zero-order chi connectivity index (χ0) is 75.1. The molecule has 556 valence electrons. The van der Waals surface area contributed by atoms with E-state index in [2.05, 4.69) is 16.0 Å².